The van der Waals surface area contributed by atoms with Gasteiger partial charge in [0.05, 0.1) is 10.7 Å². The van der Waals surface area contributed by atoms with Crippen LogP contribution in [0, 0.1) is 11.3 Å². The largest absolute Gasteiger partial charge is 0.479 e. The third kappa shape index (κ3) is 4.06. The molecule has 0 amide bonds. The number of benzene rings is 2. The molecule has 0 spiro atoms. The summed E-state index contributed by atoms with van der Waals surface area (Å²) in [6.45, 7) is 0.644. The van der Waals surface area contributed by atoms with Crippen LogP contribution in [0.2, 0.25) is 10.0 Å². The van der Waals surface area contributed by atoms with Gasteiger partial charge in [0.25, 0.3) is 0 Å². The van der Waals surface area contributed by atoms with Crippen molar-refractivity contribution in [3.8, 4) is 11.8 Å². The molecule has 20 heavy (non-hydrogen) atoms. The molecule has 1 N–H and O–H groups in total. The normalized spacial score (nSPS) is 9.85. The van der Waals surface area contributed by atoms with Gasteiger partial charge in [-0.25, -0.2) is 0 Å². The van der Waals surface area contributed by atoms with Crippen molar-refractivity contribution in [2.24, 2.45) is 0 Å². The number of anilines is 1. The lowest BCUT2D eigenvalue weighted by atomic mass is 10.2. The number of halogens is 2. The summed E-state index contributed by atoms with van der Waals surface area (Å²) < 4.78 is 5.25. The first-order valence-electron chi connectivity index (χ1n) is 5.96. The molecule has 102 valence electrons. The number of nitrogens with one attached hydrogen (secondary N) is 1. The second-order valence-electron chi connectivity index (χ2n) is 4.07. The average molecular weight is 307 g/mol. The lowest BCUT2D eigenvalue weighted by Crippen LogP contribution is -2.01. The molecule has 3 nitrogen and oxygen atoms in total. The highest BCUT2D eigenvalue weighted by Gasteiger charge is 2.02. The Morgan fingerprint density at radius 1 is 1.15 bits per heavy atom. The first-order chi connectivity index (χ1) is 9.69. The van der Waals surface area contributed by atoms with Gasteiger partial charge in [-0.3, -0.25) is 0 Å². The van der Waals surface area contributed by atoms with E-state index in [9.17, 15) is 0 Å². The van der Waals surface area contributed by atoms with Gasteiger partial charge in [0, 0.05) is 11.6 Å². The third-order valence-electron chi connectivity index (χ3n) is 2.62. The zero-order valence-corrected chi connectivity index (χ0v) is 12.1. The molecule has 0 aliphatic heterocycles. The van der Waals surface area contributed by atoms with E-state index in [0.717, 1.165) is 11.3 Å². The van der Waals surface area contributed by atoms with Crippen molar-refractivity contribution in [1.82, 2.24) is 0 Å². The highest BCUT2D eigenvalue weighted by atomic mass is 35.5. The van der Waals surface area contributed by atoms with Crippen LogP contribution in [0.4, 0.5) is 5.69 Å². The van der Waals surface area contributed by atoms with E-state index in [1.54, 1.807) is 12.1 Å². The van der Waals surface area contributed by atoms with Crippen LogP contribution in [0.25, 0.3) is 0 Å². The predicted molar refractivity (Wildman–Crippen MR) is 81.3 cm³/mol. The van der Waals surface area contributed by atoms with Crippen molar-refractivity contribution >= 4 is 28.9 Å². The maximum atomic E-state index is 8.49. The van der Waals surface area contributed by atoms with Crippen LogP contribution in [0.15, 0.2) is 42.5 Å². The Labute approximate surface area is 127 Å². The fourth-order valence-corrected chi connectivity index (χ4v) is 2.17. The van der Waals surface area contributed by atoms with Crippen LogP contribution in [0.1, 0.15) is 5.56 Å². The summed E-state index contributed by atoms with van der Waals surface area (Å²) in [7, 11) is 0. The van der Waals surface area contributed by atoms with E-state index in [1.807, 2.05) is 36.4 Å². The Balaban J connectivity index is 2.01. The van der Waals surface area contributed by atoms with E-state index in [2.05, 4.69) is 5.32 Å². The van der Waals surface area contributed by atoms with Gasteiger partial charge in [0.15, 0.2) is 6.61 Å². The first kappa shape index (κ1) is 14.5. The second kappa shape index (κ2) is 7.04. The van der Waals surface area contributed by atoms with Gasteiger partial charge in [0.2, 0.25) is 0 Å². The van der Waals surface area contributed by atoms with Crippen LogP contribution in [-0.4, -0.2) is 6.61 Å². The van der Waals surface area contributed by atoms with E-state index >= 15 is 0 Å². The van der Waals surface area contributed by atoms with E-state index in [-0.39, 0.29) is 6.61 Å². The second-order valence-corrected chi connectivity index (χ2v) is 4.92. The molecule has 2 aromatic carbocycles. The molecule has 2 aromatic rings. The van der Waals surface area contributed by atoms with Crippen molar-refractivity contribution in [2.75, 3.05) is 11.9 Å². The molecule has 0 aliphatic rings. The predicted octanol–water partition coefficient (Wildman–Crippen LogP) is 4.51. The maximum absolute atomic E-state index is 8.49. The Morgan fingerprint density at radius 2 is 2.00 bits per heavy atom. The van der Waals surface area contributed by atoms with Gasteiger partial charge in [0.1, 0.15) is 11.8 Å². The molecule has 0 radical (unpaired) electrons. The number of ether oxygens (including phenoxy) is 1. The van der Waals surface area contributed by atoms with E-state index in [4.69, 9.17) is 33.2 Å². The maximum Gasteiger partial charge on any atom is 0.174 e. The average Bonchev–Trinajstić information content (AvgIpc) is 2.45. The summed E-state index contributed by atoms with van der Waals surface area (Å²) in [5, 5.41) is 12.9. The minimum atomic E-state index is 0.0416. The molecule has 0 unspecified atom stereocenters. The van der Waals surface area contributed by atoms with E-state index in [0.29, 0.717) is 22.3 Å². The summed E-state index contributed by atoms with van der Waals surface area (Å²) in [5.74, 6) is 0.674. The van der Waals surface area contributed by atoms with Crippen molar-refractivity contribution in [2.45, 2.75) is 6.54 Å². The van der Waals surface area contributed by atoms with Gasteiger partial charge in [-0.15, -0.1) is 0 Å². The molecule has 0 aromatic heterocycles. The Kier molecular flexibility index (Phi) is 5.11. The van der Waals surface area contributed by atoms with Crippen LogP contribution in [0.5, 0.6) is 5.75 Å². The Bertz CT molecular complexity index is 638. The van der Waals surface area contributed by atoms with Crippen LogP contribution in [-0.2, 0) is 6.54 Å². The lowest BCUT2D eigenvalue weighted by molar-refractivity contribution is 0.368. The minimum Gasteiger partial charge on any atom is -0.479 e. The smallest absolute Gasteiger partial charge is 0.174 e. The highest BCUT2D eigenvalue weighted by molar-refractivity contribution is 6.36. The molecule has 2 rings (SSSR count). The van der Waals surface area contributed by atoms with E-state index in [1.165, 1.54) is 0 Å². The summed E-state index contributed by atoms with van der Waals surface area (Å²) in [4.78, 5) is 0. The molecule has 0 atom stereocenters. The van der Waals surface area contributed by atoms with Gasteiger partial charge >= 0.3 is 0 Å². The Morgan fingerprint density at radius 3 is 2.75 bits per heavy atom. The fraction of sp³-hybridized carbons (Fsp3) is 0.133. The van der Waals surface area contributed by atoms with Gasteiger partial charge in [-0.05, 0) is 35.9 Å². The summed E-state index contributed by atoms with van der Waals surface area (Å²) >= 11 is 11.9. The van der Waals surface area contributed by atoms with Gasteiger partial charge < -0.3 is 10.1 Å². The molecule has 5 heteroatoms. The first-order valence-corrected chi connectivity index (χ1v) is 6.72. The van der Waals surface area contributed by atoms with Crippen molar-refractivity contribution in [3.05, 3.63) is 58.1 Å². The fourth-order valence-electron chi connectivity index (χ4n) is 1.69. The van der Waals surface area contributed by atoms with Crippen molar-refractivity contribution in [3.63, 3.8) is 0 Å². The monoisotopic (exact) mass is 306 g/mol. The number of hydrogen-bond acceptors (Lipinski definition) is 3. The van der Waals surface area contributed by atoms with Gasteiger partial charge in [-0.1, -0.05) is 35.3 Å². The lowest BCUT2D eigenvalue weighted by Gasteiger charge is -2.10. The third-order valence-corrected chi connectivity index (χ3v) is 3.16. The SMILES string of the molecule is N#CCOc1cccc(CNc2ccc(Cl)cc2Cl)c1. The van der Waals surface area contributed by atoms with Crippen LogP contribution in [0.3, 0.4) is 0 Å². The van der Waals surface area contributed by atoms with Crippen molar-refractivity contribution < 1.29 is 4.74 Å². The molecular weight excluding hydrogens is 295 g/mol. The molecule has 0 heterocycles. The standard InChI is InChI=1S/C15H12Cl2N2O/c16-12-4-5-15(14(17)9-12)19-10-11-2-1-3-13(8-11)20-7-6-18/h1-5,8-9,19H,7,10H2. The minimum absolute atomic E-state index is 0.0416. The number of rotatable bonds is 5. The highest BCUT2D eigenvalue weighted by Crippen LogP contribution is 2.26. The van der Waals surface area contributed by atoms with E-state index < -0.39 is 0 Å². The van der Waals surface area contributed by atoms with Crippen LogP contribution < -0.4 is 10.1 Å². The zero-order valence-electron chi connectivity index (χ0n) is 10.6. The number of nitriles is 1. The molecule has 0 bridgehead atoms. The molecule has 0 saturated carbocycles. The summed E-state index contributed by atoms with van der Waals surface area (Å²) in [5.41, 5.74) is 1.85. The quantitative estimate of drug-likeness (QED) is 0.884. The number of nitrogens with zero attached hydrogens (tertiary/aromatic N) is 1. The van der Waals surface area contributed by atoms with Crippen LogP contribution >= 0.6 is 23.2 Å². The molecule has 0 aliphatic carbocycles. The molecule has 0 fully saturated rings. The van der Waals surface area contributed by atoms with Crippen molar-refractivity contribution in [1.29, 1.82) is 5.26 Å². The number of hydrogen-bond donors (Lipinski definition) is 1. The van der Waals surface area contributed by atoms with Gasteiger partial charge in [-0.2, -0.15) is 5.26 Å². The summed E-state index contributed by atoms with van der Waals surface area (Å²) in [6.07, 6.45) is 0. The summed E-state index contributed by atoms with van der Waals surface area (Å²) in [6, 6.07) is 14.8. The molecular formula is C15H12Cl2N2O. The topological polar surface area (TPSA) is 45.0 Å². The molecule has 0 saturated heterocycles. The zero-order chi connectivity index (χ0) is 14.4. The Hall–Kier alpha value is -1.89.